The van der Waals surface area contributed by atoms with Gasteiger partial charge in [-0.25, -0.2) is 9.78 Å². The average molecular weight is 345 g/mol. The number of carbonyl (C=O) groups excluding carboxylic acids is 1. The summed E-state index contributed by atoms with van der Waals surface area (Å²) < 4.78 is 7.65. The monoisotopic (exact) mass is 345 g/mol. The Hall–Kier alpha value is -2.12. The average Bonchev–Trinajstić information content (AvgIpc) is 3.25. The summed E-state index contributed by atoms with van der Waals surface area (Å²) in [5.41, 5.74) is 1.74. The Balaban J connectivity index is 1.57. The first-order chi connectivity index (χ1) is 12.1. The molecule has 1 fully saturated rings. The second-order valence-corrected chi connectivity index (χ2v) is 6.74. The van der Waals surface area contributed by atoms with E-state index in [4.69, 9.17) is 4.74 Å². The van der Waals surface area contributed by atoms with Gasteiger partial charge in [-0.1, -0.05) is 6.07 Å². The van der Waals surface area contributed by atoms with Crippen LogP contribution in [0, 0.1) is 0 Å². The van der Waals surface area contributed by atoms with Crippen LogP contribution in [0.2, 0.25) is 0 Å². The van der Waals surface area contributed by atoms with E-state index >= 15 is 0 Å². The van der Waals surface area contributed by atoms with Crippen LogP contribution in [0.3, 0.4) is 0 Å². The summed E-state index contributed by atoms with van der Waals surface area (Å²) in [6, 6.07) is 5.80. The third kappa shape index (κ3) is 4.93. The number of urea groups is 1. The maximum absolute atomic E-state index is 12.6. The van der Waals surface area contributed by atoms with Crippen molar-refractivity contribution in [3.05, 3.63) is 36.3 Å². The minimum atomic E-state index is -0.0607. The molecule has 7 heteroatoms. The molecule has 136 valence electrons. The lowest BCUT2D eigenvalue weighted by atomic mass is 10.2. The number of likely N-dealkylation sites (N-methyl/N-ethyl adjacent to an activating group) is 1. The van der Waals surface area contributed by atoms with Gasteiger partial charge >= 0.3 is 6.03 Å². The summed E-state index contributed by atoms with van der Waals surface area (Å²) in [5.74, 6) is 0. The second-order valence-electron chi connectivity index (χ2n) is 6.74. The number of hydrogen-bond donors (Lipinski definition) is 1. The summed E-state index contributed by atoms with van der Waals surface area (Å²) in [6.45, 7) is 3.38. The second kappa shape index (κ2) is 8.31. The van der Waals surface area contributed by atoms with E-state index in [1.54, 1.807) is 0 Å². The van der Waals surface area contributed by atoms with Crippen molar-refractivity contribution >= 4 is 11.7 Å². The lowest BCUT2D eigenvalue weighted by molar-refractivity contribution is 0.0795. The van der Waals surface area contributed by atoms with Gasteiger partial charge in [-0.2, -0.15) is 0 Å². The Morgan fingerprint density at radius 3 is 3.00 bits per heavy atom. The summed E-state index contributed by atoms with van der Waals surface area (Å²) in [5, 5.41) is 2.99. The summed E-state index contributed by atoms with van der Waals surface area (Å²) >= 11 is 0. The number of nitrogens with one attached hydrogen (secondary N) is 1. The minimum absolute atomic E-state index is 0.0607. The Labute approximate surface area is 148 Å². The van der Waals surface area contributed by atoms with Crippen LogP contribution in [0.4, 0.5) is 4.79 Å². The van der Waals surface area contributed by atoms with Gasteiger partial charge in [-0.05, 0) is 39.1 Å². The number of rotatable bonds is 7. The minimum Gasteiger partial charge on any atom is -0.376 e. The fraction of sp³-hybridized carbons (Fsp3) is 0.556. The SMILES string of the molecule is CN(C)CCN(C[C@@H]1CCCO1)C(=O)NCc1cn2ccccc2n1. The fourth-order valence-electron chi connectivity index (χ4n) is 2.98. The van der Waals surface area contributed by atoms with E-state index in [1.165, 1.54) is 0 Å². The maximum atomic E-state index is 12.6. The van der Waals surface area contributed by atoms with Crippen molar-refractivity contribution in [2.45, 2.75) is 25.5 Å². The van der Waals surface area contributed by atoms with Gasteiger partial charge < -0.3 is 24.3 Å². The van der Waals surface area contributed by atoms with E-state index in [-0.39, 0.29) is 12.1 Å². The largest absolute Gasteiger partial charge is 0.376 e. The van der Waals surface area contributed by atoms with Crippen LogP contribution in [0.15, 0.2) is 30.6 Å². The first-order valence-electron chi connectivity index (χ1n) is 8.83. The fourth-order valence-corrected chi connectivity index (χ4v) is 2.98. The number of ether oxygens (including phenoxy) is 1. The van der Waals surface area contributed by atoms with Crippen LogP contribution >= 0.6 is 0 Å². The van der Waals surface area contributed by atoms with Crippen molar-refractivity contribution in [1.82, 2.24) is 24.5 Å². The number of amides is 2. The smallest absolute Gasteiger partial charge is 0.317 e. The molecule has 1 N–H and O–H groups in total. The zero-order chi connectivity index (χ0) is 17.6. The van der Waals surface area contributed by atoms with E-state index in [1.807, 2.05) is 54.0 Å². The number of aromatic nitrogens is 2. The molecule has 0 bridgehead atoms. The molecule has 7 nitrogen and oxygen atoms in total. The molecule has 1 aliphatic rings. The Kier molecular flexibility index (Phi) is 5.88. The van der Waals surface area contributed by atoms with Crippen molar-refractivity contribution in [3.8, 4) is 0 Å². The highest BCUT2D eigenvalue weighted by atomic mass is 16.5. The number of imidazole rings is 1. The molecule has 1 saturated heterocycles. The van der Waals surface area contributed by atoms with Gasteiger partial charge in [0.05, 0.1) is 18.3 Å². The number of pyridine rings is 1. The summed E-state index contributed by atoms with van der Waals surface area (Å²) in [7, 11) is 4.03. The highest BCUT2D eigenvalue weighted by Crippen LogP contribution is 2.13. The van der Waals surface area contributed by atoms with Crippen LogP contribution in [-0.4, -0.2) is 71.7 Å². The Morgan fingerprint density at radius 2 is 2.28 bits per heavy atom. The third-order valence-electron chi connectivity index (χ3n) is 4.39. The molecule has 0 saturated carbocycles. The maximum Gasteiger partial charge on any atom is 0.317 e. The summed E-state index contributed by atoms with van der Waals surface area (Å²) in [6.07, 6.45) is 6.16. The van der Waals surface area contributed by atoms with Crippen LogP contribution < -0.4 is 5.32 Å². The van der Waals surface area contributed by atoms with E-state index in [0.29, 0.717) is 19.6 Å². The molecule has 2 amide bonds. The zero-order valence-corrected chi connectivity index (χ0v) is 15.0. The van der Waals surface area contributed by atoms with E-state index < -0.39 is 0 Å². The highest BCUT2D eigenvalue weighted by molar-refractivity contribution is 5.74. The molecule has 0 spiro atoms. The van der Waals surface area contributed by atoms with Crippen molar-refractivity contribution < 1.29 is 9.53 Å². The molecule has 2 aromatic rings. The molecule has 3 heterocycles. The van der Waals surface area contributed by atoms with Gasteiger partial charge in [-0.3, -0.25) is 0 Å². The molecular weight excluding hydrogens is 318 g/mol. The Bertz CT molecular complexity index is 661. The number of nitrogens with zero attached hydrogens (tertiary/aromatic N) is 4. The molecule has 1 aliphatic heterocycles. The van der Waals surface area contributed by atoms with Crippen molar-refractivity contribution in [3.63, 3.8) is 0 Å². The molecule has 0 unspecified atom stereocenters. The van der Waals surface area contributed by atoms with Crippen molar-refractivity contribution in [2.24, 2.45) is 0 Å². The first-order valence-corrected chi connectivity index (χ1v) is 8.83. The van der Waals surface area contributed by atoms with Gasteiger partial charge in [0.15, 0.2) is 0 Å². The van der Waals surface area contributed by atoms with Crippen molar-refractivity contribution in [2.75, 3.05) is 40.3 Å². The standard InChI is InChI=1S/C18H27N5O2/c1-21(2)9-10-23(14-16-6-5-11-25-16)18(24)19-12-15-13-22-8-4-3-7-17(22)20-15/h3-4,7-8,13,16H,5-6,9-12,14H2,1-2H3,(H,19,24)/t16-/m0/s1. The number of hydrogen-bond acceptors (Lipinski definition) is 4. The van der Waals surface area contributed by atoms with Crippen LogP contribution in [0.5, 0.6) is 0 Å². The summed E-state index contributed by atoms with van der Waals surface area (Å²) in [4.78, 5) is 21.1. The molecule has 0 aliphatic carbocycles. The predicted molar refractivity (Wildman–Crippen MR) is 96.5 cm³/mol. The van der Waals surface area contributed by atoms with Gasteiger partial charge in [0, 0.05) is 38.6 Å². The quantitative estimate of drug-likeness (QED) is 0.828. The molecule has 3 rings (SSSR count). The van der Waals surface area contributed by atoms with E-state index in [9.17, 15) is 4.79 Å². The van der Waals surface area contributed by atoms with Gasteiger partial charge in [0.2, 0.25) is 0 Å². The van der Waals surface area contributed by atoms with E-state index in [2.05, 4.69) is 15.2 Å². The Morgan fingerprint density at radius 1 is 1.40 bits per heavy atom. The highest BCUT2D eigenvalue weighted by Gasteiger charge is 2.22. The van der Waals surface area contributed by atoms with Gasteiger partial charge in [0.1, 0.15) is 5.65 Å². The normalized spacial score (nSPS) is 17.3. The van der Waals surface area contributed by atoms with Crippen LogP contribution in [0.1, 0.15) is 18.5 Å². The van der Waals surface area contributed by atoms with Crippen LogP contribution in [-0.2, 0) is 11.3 Å². The van der Waals surface area contributed by atoms with E-state index in [0.717, 1.165) is 37.3 Å². The topological polar surface area (TPSA) is 62.1 Å². The molecule has 25 heavy (non-hydrogen) atoms. The first kappa shape index (κ1) is 17.7. The lowest BCUT2D eigenvalue weighted by Gasteiger charge is -2.27. The third-order valence-corrected chi connectivity index (χ3v) is 4.39. The number of carbonyl (C=O) groups is 1. The van der Waals surface area contributed by atoms with Crippen molar-refractivity contribution in [1.29, 1.82) is 0 Å². The molecule has 2 aromatic heterocycles. The molecular formula is C18H27N5O2. The molecule has 0 aromatic carbocycles. The molecule has 0 radical (unpaired) electrons. The van der Waals surface area contributed by atoms with Gasteiger partial charge in [-0.15, -0.1) is 0 Å². The van der Waals surface area contributed by atoms with Crippen LogP contribution in [0.25, 0.3) is 5.65 Å². The van der Waals surface area contributed by atoms with Gasteiger partial charge in [0.25, 0.3) is 0 Å². The number of fused-ring (bicyclic) bond motifs is 1. The molecule has 1 atom stereocenters. The predicted octanol–water partition coefficient (Wildman–Crippen LogP) is 1.59. The zero-order valence-electron chi connectivity index (χ0n) is 15.0. The lowest BCUT2D eigenvalue weighted by Crippen LogP contribution is -2.46.